The summed E-state index contributed by atoms with van der Waals surface area (Å²) >= 11 is 0. The van der Waals surface area contributed by atoms with Crippen LogP contribution in [0.2, 0.25) is 0 Å². The first-order valence-electron chi connectivity index (χ1n) is 6.97. The van der Waals surface area contributed by atoms with Crippen LogP contribution in [0.4, 0.5) is 4.39 Å². The monoisotopic (exact) mass is 494 g/mol. The summed E-state index contributed by atoms with van der Waals surface area (Å²) in [7, 11) is 0. The van der Waals surface area contributed by atoms with Crippen LogP contribution in [0.1, 0.15) is 50.5 Å². The van der Waals surface area contributed by atoms with Crippen LogP contribution in [0, 0.1) is 54.2 Å². The van der Waals surface area contributed by atoms with Crippen LogP contribution in [0.5, 0.6) is 0 Å². The standard InChI is InChI=1S/C12H14.C6H6F.B.La.Y/c1-3-7-11(8-4-1)12-9-5-2-6-10-12;1-5-3-2-4-6(5)7;;;/h1,5-6,9-11H,3-4,7-8H2;3H,4H2,1H3;;;/q-2;-1;;;. The fraction of sp³-hybridized carbons (Fsp3) is 0.389. The van der Waals surface area contributed by atoms with Crippen molar-refractivity contribution in [2.45, 2.75) is 44.9 Å². The molecule has 0 bridgehead atoms. The van der Waals surface area contributed by atoms with Crippen LogP contribution in [0.25, 0.3) is 0 Å². The molecular weight excluding hydrogens is 474 g/mol. The van der Waals surface area contributed by atoms with Crippen LogP contribution < -0.4 is 0 Å². The van der Waals surface area contributed by atoms with Gasteiger partial charge in [-0.3, -0.25) is 6.08 Å². The Labute approximate surface area is 189 Å². The van der Waals surface area contributed by atoms with Crippen molar-refractivity contribution >= 4 is 8.41 Å². The molecule has 0 unspecified atom stereocenters. The Bertz CT molecular complexity index is 453. The third-order valence-corrected chi connectivity index (χ3v) is 3.66. The van der Waals surface area contributed by atoms with E-state index in [1.165, 1.54) is 31.2 Å². The van der Waals surface area contributed by atoms with Crippen molar-refractivity contribution in [2.24, 2.45) is 0 Å². The Balaban J connectivity index is 0. The maximum Gasteiger partial charge on any atom is 0.00922 e. The van der Waals surface area contributed by atoms with E-state index < -0.39 is 0 Å². The molecule has 0 spiro atoms. The maximum absolute atomic E-state index is 12.1. The number of hydrogen-bond acceptors (Lipinski definition) is 0. The first kappa shape index (κ1) is 25.2. The molecule has 0 heterocycles. The van der Waals surface area contributed by atoms with E-state index in [0.717, 1.165) is 11.5 Å². The van der Waals surface area contributed by atoms with Crippen molar-refractivity contribution in [3.63, 3.8) is 0 Å². The first-order valence-corrected chi connectivity index (χ1v) is 6.97. The molecule has 1 fully saturated rings. The Hall–Kier alpha value is 0.994. The average molecular weight is 494 g/mol. The molecule has 1 saturated carbocycles. The van der Waals surface area contributed by atoms with E-state index >= 15 is 0 Å². The van der Waals surface area contributed by atoms with Gasteiger partial charge in [-0.05, 0) is 5.92 Å². The minimum atomic E-state index is -0.0417. The van der Waals surface area contributed by atoms with Crippen LogP contribution in [-0.4, -0.2) is 8.41 Å². The molecule has 2 aliphatic rings. The topological polar surface area (TPSA) is 0 Å². The largest absolute Gasteiger partial charge is 0.328 e. The van der Waals surface area contributed by atoms with E-state index in [1.807, 2.05) is 12.1 Å². The molecule has 0 saturated heterocycles. The zero-order valence-corrected chi connectivity index (χ0v) is 19.7. The molecule has 0 N–H and O–H groups in total. The van der Waals surface area contributed by atoms with Gasteiger partial charge in [-0.15, -0.1) is 6.92 Å². The van der Waals surface area contributed by atoms with E-state index in [2.05, 4.69) is 30.7 Å². The Morgan fingerprint density at radius 1 is 1.18 bits per heavy atom. The van der Waals surface area contributed by atoms with E-state index in [4.69, 9.17) is 0 Å². The summed E-state index contributed by atoms with van der Waals surface area (Å²) in [5, 5.41) is 0. The van der Waals surface area contributed by atoms with Gasteiger partial charge in [0.1, 0.15) is 0 Å². The van der Waals surface area contributed by atoms with Crippen LogP contribution >= 0.6 is 0 Å². The molecule has 0 atom stereocenters. The average Bonchev–Trinajstić information content (AvgIpc) is 2.85. The van der Waals surface area contributed by atoms with Crippen molar-refractivity contribution in [2.75, 3.05) is 0 Å². The van der Waals surface area contributed by atoms with Gasteiger partial charge in [-0.25, -0.2) is 10.5 Å². The summed E-state index contributed by atoms with van der Waals surface area (Å²) in [6.45, 7) is 1.75. The molecular formula is C18H20BFLaY-3. The summed E-state index contributed by atoms with van der Waals surface area (Å²) in [5.74, 6) is 0.768. The molecule has 0 aliphatic heterocycles. The minimum absolute atomic E-state index is 0. The van der Waals surface area contributed by atoms with Crippen molar-refractivity contribution in [1.29, 1.82) is 0 Å². The van der Waals surface area contributed by atoms with Gasteiger partial charge < -0.3 is 6.42 Å². The molecule has 1 aromatic rings. The normalized spacial score (nSPS) is 16.6. The van der Waals surface area contributed by atoms with E-state index in [0.29, 0.717) is 6.42 Å². The molecule has 0 nitrogen and oxygen atoms in total. The molecule has 3 rings (SSSR count). The SMILES string of the molecule is CC1=C(F)C[C-]=C1.[B].[La].[Y].[c-]1ccc(C2CC[CH-]CC2)cc1. The van der Waals surface area contributed by atoms with E-state index in [1.54, 1.807) is 13.0 Å². The quantitative estimate of drug-likeness (QED) is 0.383. The molecule has 1 aromatic carbocycles. The number of benzene rings is 1. The predicted octanol–water partition coefficient (Wildman–Crippen LogP) is 4.96. The second kappa shape index (κ2) is 14.3. The fourth-order valence-electron chi connectivity index (χ4n) is 2.44. The van der Waals surface area contributed by atoms with Crippen LogP contribution in [0.3, 0.4) is 0 Å². The molecule has 0 aromatic heterocycles. The first-order chi connectivity index (χ1) is 9.27. The summed E-state index contributed by atoms with van der Waals surface area (Å²) in [6, 6.07) is 11.5. The molecule has 4 heteroatoms. The maximum atomic E-state index is 12.1. The summed E-state index contributed by atoms with van der Waals surface area (Å²) in [4.78, 5) is 0. The molecule has 2 aliphatic carbocycles. The second-order valence-electron chi connectivity index (χ2n) is 5.09. The third-order valence-electron chi connectivity index (χ3n) is 3.66. The van der Waals surface area contributed by atoms with E-state index in [9.17, 15) is 4.39 Å². The smallest absolute Gasteiger partial charge is 0.00922 e. The number of halogens is 1. The Morgan fingerprint density at radius 3 is 2.18 bits per heavy atom. The second-order valence-corrected chi connectivity index (χ2v) is 5.09. The van der Waals surface area contributed by atoms with Crippen molar-refractivity contribution < 1.29 is 72.7 Å². The summed E-state index contributed by atoms with van der Waals surface area (Å²) < 4.78 is 12.1. The van der Waals surface area contributed by atoms with Crippen LogP contribution in [0.15, 0.2) is 41.7 Å². The fourth-order valence-corrected chi connectivity index (χ4v) is 2.44. The summed E-state index contributed by atoms with van der Waals surface area (Å²) in [6.07, 6.45) is 12.5. The summed E-state index contributed by atoms with van der Waals surface area (Å²) in [5.41, 5.74) is 2.22. The Kier molecular flexibility index (Phi) is 16.5. The van der Waals surface area contributed by atoms with Gasteiger partial charge in [0.25, 0.3) is 0 Å². The molecule has 111 valence electrons. The number of allylic oxidation sites excluding steroid dienone is 4. The predicted molar refractivity (Wildman–Crippen MR) is 82.8 cm³/mol. The van der Waals surface area contributed by atoms with Gasteiger partial charge in [0.2, 0.25) is 0 Å². The van der Waals surface area contributed by atoms with Gasteiger partial charge in [-0.2, -0.15) is 54.3 Å². The van der Waals surface area contributed by atoms with Crippen LogP contribution in [-0.2, 0) is 32.7 Å². The van der Waals surface area contributed by atoms with Gasteiger partial charge in [0, 0.05) is 82.5 Å². The van der Waals surface area contributed by atoms with Gasteiger partial charge in [0.15, 0.2) is 0 Å². The van der Waals surface area contributed by atoms with Crippen molar-refractivity contribution in [3.8, 4) is 0 Å². The zero-order chi connectivity index (χ0) is 13.5. The van der Waals surface area contributed by atoms with Gasteiger partial charge in [-0.1, -0.05) is 19.3 Å². The molecule has 5 radical (unpaired) electrons. The third kappa shape index (κ3) is 8.74. The van der Waals surface area contributed by atoms with Crippen molar-refractivity contribution in [1.82, 2.24) is 0 Å². The number of hydrogen-bond donors (Lipinski definition) is 0. The minimum Gasteiger partial charge on any atom is -0.328 e. The van der Waals surface area contributed by atoms with Gasteiger partial charge in [0.05, 0.1) is 0 Å². The molecule has 0 amide bonds. The number of rotatable bonds is 1. The zero-order valence-electron chi connectivity index (χ0n) is 13.2. The van der Waals surface area contributed by atoms with E-state index in [-0.39, 0.29) is 82.5 Å². The molecule has 22 heavy (non-hydrogen) atoms. The Morgan fingerprint density at radius 2 is 1.77 bits per heavy atom. The van der Waals surface area contributed by atoms with Gasteiger partial charge >= 0.3 is 0 Å². The van der Waals surface area contributed by atoms with Crippen molar-refractivity contribution in [3.05, 3.63) is 65.9 Å².